The van der Waals surface area contributed by atoms with Gasteiger partial charge in [-0.05, 0) is 30.2 Å². The zero-order valence-electron chi connectivity index (χ0n) is 13.2. The quantitative estimate of drug-likeness (QED) is 0.808. The van der Waals surface area contributed by atoms with E-state index < -0.39 is 27.5 Å². The summed E-state index contributed by atoms with van der Waals surface area (Å²) in [6, 6.07) is 3.66. The van der Waals surface area contributed by atoms with Crippen molar-refractivity contribution in [3.05, 3.63) is 34.6 Å². The average molecular weight is 377 g/mol. The average Bonchev–Trinajstić information content (AvgIpc) is 2.88. The molecule has 2 aliphatic heterocycles. The van der Waals surface area contributed by atoms with E-state index in [2.05, 4.69) is 0 Å². The van der Waals surface area contributed by atoms with E-state index >= 15 is 0 Å². The number of amides is 1. The van der Waals surface area contributed by atoms with Crippen LogP contribution in [-0.4, -0.2) is 55.5 Å². The van der Waals surface area contributed by atoms with Crippen LogP contribution in [0.5, 0.6) is 0 Å². The van der Waals surface area contributed by atoms with Crippen molar-refractivity contribution in [1.82, 2.24) is 9.21 Å². The van der Waals surface area contributed by atoms with Gasteiger partial charge in [0.25, 0.3) is 0 Å². The van der Waals surface area contributed by atoms with Crippen LogP contribution in [0.2, 0.25) is 5.02 Å². The van der Waals surface area contributed by atoms with Gasteiger partial charge < -0.3 is 4.74 Å². The van der Waals surface area contributed by atoms with Gasteiger partial charge in [-0.1, -0.05) is 18.5 Å². The summed E-state index contributed by atoms with van der Waals surface area (Å²) < 4.78 is 45.3. The summed E-state index contributed by atoms with van der Waals surface area (Å²) in [4.78, 5) is 13.4. The maximum absolute atomic E-state index is 13.4. The SMILES string of the molecule is CCC12COC(=O)N1CCN(S(=O)(=O)Cc1cc(F)ccc1Cl)C2. The minimum atomic E-state index is -3.69. The second-order valence-electron chi connectivity index (χ2n) is 6.11. The van der Waals surface area contributed by atoms with E-state index in [9.17, 15) is 17.6 Å². The van der Waals surface area contributed by atoms with Gasteiger partial charge in [-0.15, -0.1) is 0 Å². The van der Waals surface area contributed by atoms with Crippen LogP contribution in [0.25, 0.3) is 0 Å². The lowest BCUT2D eigenvalue weighted by molar-refractivity contribution is 0.0884. The normalized spacial score (nSPS) is 24.8. The topological polar surface area (TPSA) is 66.9 Å². The molecule has 1 amide bonds. The molecule has 1 aromatic rings. The molecule has 9 heteroatoms. The Hall–Kier alpha value is -1.38. The molecule has 0 radical (unpaired) electrons. The Kier molecular flexibility index (Phi) is 4.48. The third-order valence-corrected chi connectivity index (χ3v) is 6.84. The van der Waals surface area contributed by atoms with Gasteiger partial charge >= 0.3 is 6.09 Å². The number of fused-ring (bicyclic) bond motifs is 1. The maximum atomic E-state index is 13.4. The lowest BCUT2D eigenvalue weighted by Gasteiger charge is -2.43. The van der Waals surface area contributed by atoms with Crippen LogP contribution in [0, 0.1) is 5.82 Å². The van der Waals surface area contributed by atoms with Crippen molar-refractivity contribution in [1.29, 1.82) is 0 Å². The Bertz CT molecular complexity index is 773. The number of hydrogen-bond donors (Lipinski definition) is 0. The highest BCUT2D eigenvalue weighted by molar-refractivity contribution is 7.88. The van der Waals surface area contributed by atoms with Gasteiger partial charge in [-0.2, -0.15) is 4.31 Å². The molecule has 2 saturated heterocycles. The Labute approximate surface area is 145 Å². The number of hydrogen-bond acceptors (Lipinski definition) is 4. The first-order valence-electron chi connectivity index (χ1n) is 7.63. The molecule has 0 N–H and O–H groups in total. The number of piperazine rings is 1. The van der Waals surface area contributed by atoms with E-state index in [1.54, 1.807) is 4.90 Å². The van der Waals surface area contributed by atoms with Crippen molar-refractivity contribution < 1.29 is 22.3 Å². The third-order valence-electron chi connectivity index (χ3n) is 4.70. The van der Waals surface area contributed by atoms with Crippen molar-refractivity contribution in [2.45, 2.75) is 24.6 Å². The Morgan fingerprint density at radius 2 is 2.12 bits per heavy atom. The molecule has 0 aromatic heterocycles. The van der Waals surface area contributed by atoms with Gasteiger partial charge in [-0.25, -0.2) is 17.6 Å². The second-order valence-corrected chi connectivity index (χ2v) is 8.49. The fourth-order valence-corrected chi connectivity index (χ4v) is 5.08. The first-order chi connectivity index (χ1) is 11.3. The van der Waals surface area contributed by atoms with Gasteiger partial charge in [0, 0.05) is 24.7 Å². The number of halogens is 2. The molecule has 0 bridgehead atoms. The van der Waals surface area contributed by atoms with Crippen LogP contribution in [-0.2, 0) is 20.5 Å². The summed E-state index contributed by atoms with van der Waals surface area (Å²) in [5.74, 6) is -0.910. The Morgan fingerprint density at radius 3 is 2.83 bits per heavy atom. The third kappa shape index (κ3) is 2.98. The first-order valence-corrected chi connectivity index (χ1v) is 9.62. The number of benzene rings is 1. The maximum Gasteiger partial charge on any atom is 0.410 e. The summed E-state index contributed by atoms with van der Waals surface area (Å²) in [7, 11) is -3.69. The molecule has 1 atom stereocenters. The fraction of sp³-hybridized carbons (Fsp3) is 0.533. The number of ether oxygens (including phenoxy) is 1. The van der Waals surface area contributed by atoms with E-state index in [1.807, 2.05) is 6.92 Å². The molecule has 0 spiro atoms. The second kappa shape index (κ2) is 6.16. The summed E-state index contributed by atoms with van der Waals surface area (Å²) in [6.45, 7) is 2.71. The predicted octanol–water partition coefficient (Wildman–Crippen LogP) is 2.23. The molecule has 1 unspecified atom stereocenters. The molecule has 132 valence electrons. The highest BCUT2D eigenvalue weighted by Gasteiger charge is 2.51. The Balaban J connectivity index is 1.83. The van der Waals surface area contributed by atoms with Crippen molar-refractivity contribution in [2.24, 2.45) is 0 Å². The molecule has 24 heavy (non-hydrogen) atoms. The number of cyclic esters (lactones) is 1. The number of rotatable bonds is 4. The molecule has 2 aliphatic rings. The summed E-state index contributed by atoms with van der Waals surface area (Å²) in [5, 5.41) is 0.211. The lowest BCUT2D eigenvalue weighted by Crippen LogP contribution is -2.62. The number of sulfonamides is 1. The van der Waals surface area contributed by atoms with Gasteiger partial charge in [0.15, 0.2) is 0 Å². The number of carbonyl (C=O) groups excluding carboxylic acids is 1. The monoisotopic (exact) mass is 376 g/mol. The van der Waals surface area contributed by atoms with Crippen LogP contribution in [0.1, 0.15) is 18.9 Å². The van der Waals surface area contributed by atoms with E-state index in [4.69, 9.17) is 16.3 Å². The molecule has 6 nitrogen and oxygen atoms in total. The summed E-state index contributed by atoms with van der Waals surface area (Å²) >= 11 is 5.98. The van der Waals surface area contributed by atoms with Gasteiger partial charge in [0.2, 0.25) is 10.0 Å². The smallest absolute Gasteiger partial charge is 0.410 e. The number of nitrogens with zero attached hydrogens (tertiary/aromatic N) is 2. The van der Waals surface area contributed by atoms with E-state index in [-0.39, 0.29) is 42.6 Å². The fourth-order valence-electron chi connectivity index (χ4n) is 3.21. The zero-order valence-corrected chi connectivity index (χ0v) is 14.7. The standard InChI is InChI=1S/C15H18ClFN2O4S/c1-2-15-9-18(5-6-19(15)14(20)23-10-15)24(21,22)8-11-7-12(17)3-4-13(11)16/h3-4,7H,2,5-6,8-10H2,1H3. The van der Waals surface area contributed by atoms with Crippen LogP contribution in [0.15, 0.2) is 18.2 Å². The van der Waals surface area contributed by atoms with Crippen molar-refractivity contribution in [2.75, 3.05) is 26.2 Å². The van der Waals surface area contributed by atoms with E-state index in [1.165, 1.54) is 16.4 Å². The highest BCUT2D eigenvalue weighted by atomic mass is 35.5. The molecule has 3 rings (SSSR count). The molecule has 1 aromatic carbocycles. The van der Waals surface area contributed by atoms with Gasteiger partial charge in [0.05, 0.1) is 11.3 Å². The minimum Gasteiger partial charge on any atom is -0.447 e. The predicted molar refractivity (Wildman–Crippen MR) is 86.7 cm³/mol. The number of carbonyl (C=O) groups is 1. The molecular weight excluding hydrogens is 359 g/mol. The van der Waals surface area contributed by atoms with Crippen LogP contribution >= 0.6 is 11.6 Å². The van der Waals surface area contributed by atoms with E-state index in [0.717, 1.165) is 6.07 Å². The van der Waals surface area contributed by atoms with Crippen LogP contribution in [0.3, 0.4) is 0 Å². The first kappa shape index (κ1) is 17.4. The highest BCUT2D eigenvalue weighted by Crippen LogP contribution is 2.33. The van der Waals surface area contributed by atoms with Gasteiger partial charge in [-0.3, -0.25) is 4.90 Å². The largest absolute Gasteiger partial charge is 0.447 e. The van der Waals surface area contributed by atoms with Crippen LogP contribution in [0.4, 0.5) is 9.18 Å². The van der Waals surface area contributed by atoms with E-state index in [0.29, 0.717) is 6.42 Å². The summed E-state index contributed by atoms with van der Waals surface area (Å²) in [5.41, 5.74) is -0.405. The molecular formula is C15H18ClFN2O4S. The summed E-state index contributed by atoms with van der Waals surface area (Å²) in [6.07, 6.45) is 0.188. The van der Waals surface area contributed by atoms with Crippen molar-refractivity contribution >= 4 is 27.7 Å². The zero-order chi connectivity index (χ0) is 17.5. The van der Waals surface area contributed by atoms with Crippen LogP contribution < -0.4 is 0 Å². The lowest BCUT2D eigenvalue weighted by atomic mass is 9.94. The molecule has 0 aliphatic carbocycles. The molecule has 2 heterocycles. The van der Waals surface area contributed by atoms with Gasteiger partial charge in [0.1, 0.15) is 12.4 Å². The Morgan fingerprint density at radius 1 is 1.38 bits per heavy atom. The van der Waals surface area contributed by atoms with Crippen molar-refractivity contribution in [3.8, 4) is 0 Å². The molecule has 2 fully saturated rings. The molecule has 0 saturated carbocycles. The minimum absolute atomic E-state index is 0.171. The van der Waals surface area contributed by atoms with Crippen molar-refractivity contribution in [3.63, 3.8) is 0 Å².